The lowest BCUT2D eigenvalue weighted by Crippen LogP contribution is -2.31. The van der Waals surface area contributed by atoms with Crippen molar-refractivity contribution in [1.29, 1.82) is 0 Å². The van der Waals surface area contributed by atoms with Crippen molar-refractivity contribution in [2.45, 2.75) is 33.6 Å². The molecular formula is C16H21NO5. The van der Waals surface area contributed by atoms with Gasteiger partial charge in [-0.25, -0.2) is 4.79 Å². The van der Waals surface area contributed by atoms with Crippen molar-refractivity contribution in [2.75, 3.05) is 13.2 Å². The lowest BCUT2D eigenvalue weighted by atomic mass is 9.84. The van der Waals surface area contributed by atoms with Crippen LogP contribution in [0.3, 0.4) is 0 Å². The highest BCUT2D eigenvalue weighted by atomic mass is 16.5. The first-order chi connectivity index (χ1) is 10.4. The van der Waals surface area contributed by atoms with Gasteiger partial charge in [0, 0.05) is 18.3 Å². The van der Waals surface area contributed by atoms with Crippen molar-refractivity contribution in [3.05, 3.63) is 22.5 Å². The lowest BCUT2D eigenvalue weighted by molar-refractivity contribution is -0.146. The van der Waals surface area contributed by atoms with Crippen LogP contribution >= 0.6 is 0 Å². The number of ether oxygens (including phenoxy) is 2. The largest absolute Gasteiger partial charge is 0.465 e. The van der Waals surface area contributed by atoms with Gasteiger partial charge in [-0.15, -0.1) is 0 Å². The molecule has 6 heteroatoms. The van der Waals surface area contributed by atoms with Gasteiger partial charge in [-0.05, 0) is 39.2 Å². The van der Waals surface area contributed by atoms with Crippen LogP contribution < -0.4 is 0 Å². The number of Topliss-reactive ketones (excluding diaryl/α,β-unsaturated/α-hetero) is 1. The Morgan fingerprint density at radius 3 is 2.45 bits per heavy atom. The first-order valence-electron chi connectivity index (χ1n) is 7.50. The molecule has 0 saturated heterocycles. The second-order valence-corrected chi connectivity index (χ2v) is 5.28. The van der Waals surface area contributed by atoms with E-state index in [0.29, 0.717) is 29.7 Å². The number of esters is 2. The normalized spacial score (nSPS) is 17.1. The Kier molecular flexibility index (Phi) is 4.68. The zero-order valence-electron chi connectivity index (χ0n) is 13.4. The highest BCUT2D eigenvalue weighted by molar-refractivity contribution is 6.12. The van der Waals surface area contributed by atoms with Gasteiger partial charge in [0.2, 0.25) is 0 Å². The topological polar surface area (TPSA) is 74.6 Å². The van der Waals surface area contributed by atoms with E-state index in [1.165, 1.54) is 0 Å². The van der Waals surface area contributed by atoms with Crippen LogP contribution in [0.25, 0.3) is 0 Å². The molecule has 0 radical (unpaired) electrons. The Morgan fingerprint density at radius 2 is 1.86 bits per heavy atom. The van der Waals surface area contributed by atoms with E-state index in [1.807, 2.05) is 0 Å². The fourth-order valence-corrected chi connectivity index (χ4v) is 3.05. The summed E-state index contributed by atoms with van der Waals surface area (Å²) in [6.07, 6.45) is 0.964. The third-order valence-electron chi connectivity index (χ3n) is 4.03. The van der Waals surface area contributed by atoms with Crippen LogP contribution in [0.1, 0.15) is 52.4 Å². The minimum absolute atomic E-state index is 0.247. The van der Waals surface area contributed by atoms with Gasteiger partial charge in [0.15, 0.2) is 5.78 Å². The standard InChI is InChI=1S/C16H21NO5/c1-5-21-15(19)10-7-8-11-12(14(10)18)9(3)13(17(11)4)16(20)22-6-2/h10H,5-8H2,1-4H3/t10-/m0/s1. The summed E-state index contributed by atoms with van der Waals surface area (Å²) in [5.41, 5.74) is 2.21. The van der Waals surface area contributed by atoms with Crippen molar-refractivity contribution < 1.29 is 23.9 Å². The maximum Gasteiger partial charge on any atom is 0.355 e. The molecule has 1 atom stereocenters. The van der Waals surface area contributed by atoms with Gasteiger partial charge < -0.3 is 14.0 Å². The summed E-state index contributed by atoms with van der Waals surface area (Å²) in [5.74, 6) is -1.97. The van der Waals surface area contributed by atoms with E-state index < -0.39 is 17.9 Å². The minimum atomic E-state index is -0.774. The van der Waals surface area contributed by atoms with Crippen LogP contribution in [0.15, 0.2) is 0 Å². The lowest BCUT2D eigenvalue weighted by Gasteiger charge is -2.20. The monoisotopic (exact) mass is 307 g/mol. The summed E-state index contributed by atoms with van der Waals surface area (Å²) in [6.45, 7) is 5.68. The molecule has 1 aromatic heterocycles. The predicted octanol–water partition coefficient (Wildman–Crippen LogP) is 1.82. The van der Waals surface area contributed by atoms with Crippen LogP contribution in [0.4, 0.5) is 0 Å². The van der Waals surface area contributed by atoms with Crippen LogP contribution in [0.5, 0.6) is 0 Å². The second-order valence-electron chi connectivity index (χ2n) is 5.28. The zero-order chi connectivity index (χ0) is 16.4. The summed E-state index contributed by atoms with van der Waals surface area (Å²) in [6, 6.07) is 0. The average Bonchev–Trinajstić information content (AvgIpc) is 2.72. The molecule has 120 valence electrons. The number of hydrogen-bond acceptors (Lipinski definition) is 5. The summed E-state index contributed by atoms with van der Waals surface area (Å²) in [7, 11) is 1.75. The number of carbonyl (C=O) groups excluding carboxylic acids is 3. The van der Waals surface area contributed by atoms with E-state index in [-0.39, 0.29) is 19.0 Å². The fourth-order valence-electron chi connectivity index (χ4n) is 3.05. The molecule has 1 aromatic rings. The number of ketones is 1. The Hall–Kier alpha value is -2.11. The molecule has 0 fully saturated rings. The molecule has 0 aromatic carbocycles. The summed E-state index contributed by atoms with van der Waals surface area (Å²) in [5, 5.41) is 0. The molecule has 6 nitrogen and oxygen atoms in total. The summed E-state index contributed by atoms with van der Waals surface area (Å²) in [4.78, 5) is 36.6. The Labute approximate surface area is 129 Å². The van der Waals surface area contributed by atoms with Gasteiger partial charge in [-0.3, -0.25) is 9.59 Å². The number of carbonyl (C=O) groups is 3. The number of rotatable bonds is 4. The molecule has 1 aliphatic rings. The first kappa shape index (κ1) is 16.3. The third kappa shape index (κ3) is 2.53. The molecule has 0 unspecified atom stereocenters. The zero-order valence-corrected chi connectivity index (χ0v) is 13.4. The van der Waals surface area contributed by atoms with Crippen LogP contribution in [-0.2, 0) is 27.7 Å². The maximum atomic E-state index is 12.6. The van der Waals surface area contributed by atoms with Gasteiger partial charge in [0.1, 0.15) is 11.6 Å². The number of fused-ring (bicyclic) bond motifs is 1. The second kappa shape index (κ2) is 6.34. The Morgan fingerprint density at radius 1 is 1.23 bits per heavy atom. The van der Waals surface area contributed by atoms with E-state index >= 15 is 0 Å². The van der Waals surface area contributed by atoms with Gasteiger partial charge >= 0.3 is 11.9 Å². The minimum Gasteiger partial charge on any atom is -0.465 e. The van der Waals surface area contributed by atoms with Gasteiger partial charge in [-0.2, -0.15) is 0 Å². The molecule has 0 aliphatic heterocycles. The quantitative estimate of drug-likeness (QED) is 0.626. The van der Waals surface area contributed by atoms with Crippen molar-refractivity contribution >= 4 is 17.7 Å². The molecular weight excluding hydrogens is 286 g/mol. The molecule has 0 saturated carbocycles. The Bertz CT molecular complexity index is 629. The van der Waals surface area contributed by atoms with Crippen molar-refractivity contribution in [3.8, 4) is 0 Å². The summed E-state index contributed by atoms with van der Waals surface area (Å²) >= 11 is 0. The highest BCUT2D eigenvalue weighted by Crippen LogP contribution is 2.32. The highest BCUT2D eigenvalue weighted by Gasteiger charge is 2.38. The van der Waals surface area contributed by atoms with Crippen molar-refractivity contribution in [1.82, 2.24) is 4.57 Å². The number of nitrogens with zero attached hydrogens (tertiary/aromatic N) is 1. The third-order valence-corrected chi connectivity index (χ3v) is 4.03. The predicted molar refractivity (Wildman–Crippen MR) is 78.9 cm³/mol. The molecule has 1 heterocycles. The van der Waals surface area contributed by atoms with Crippen molar-refractivity contribution in [2.24, 2.45) is 13.0 Å². The van der Waals surface area contributed by atoms with Gasteiger partial charge in [-0.1, -0.05) is 0 Å². The SMILES string of the molecule is CCOC(=O)c1c(C)c2c(n1C)CC[C@H](C(=O)OCC)C2=O. The van der Waals surface area contributed by atoms with Crippen molar-refractivity contribution in [3.63, 3.8) is 0 Å². The average molecular weight is 307 g/mol. The number of hydrogen-bond donors (Lipinski definition) is 0. The van der Waals surface area contributed by atoms with E-state index in [9.17, 15) is 14.4 Å². The van der Waals surface area contributed by atoms with Crippen LogP contribution in [0.2, 0.25) is 0 Å². The van der Waals surface area contributed by atoms with Gasteiger partial charge in [0.25, 0.3) is 0 Å². The molecule has 1 aliphatic carbocycles. The molecule has 2 rings (SSSR count). The van der Waals surface area contributed by atoms with Gasteiger partial charge in [0.05, 0.1) is 13.2 Å². The molecule has 0 spiro atoms. The van der Waals surface area contributed by atoms with Crippen LogP contribution in [-0.4, -0.2) is 35.5 Å². The van der Waals surface area contributed by atoms with E-state index in [0.717, 1.165) is 5.69 Å². The maximum absolute atomic E-state index is 12.6. The first-order valence-corrected chi connectivity index (χ1v) is 7.50. The smallest absolute Gasteiger partial charge is 0.355 e. The molecule has 22 heavy (non-hydrogen) atoms. The van der Waals surface area contributed by atoms with E-state index in [4.69, 9.17) is 9.47 Å². The van der Waals surface area contributed by atoms with E-state index in [1.54, 1.807) is 32.4 Å². The fraction of sp³-hybridized carbons (Fsp3) is 0.562. The number of aromatic nitrogens is 1. The molecule has 0 amide bonds. The van der Waals surface area contributed by atoms with Crippen LogP contribution in [0, 0.1) is 12.8 Å². The molecule has 0 N–H and O–H groups in total. The summed E-state index contributed by atoms with van der Waals surface area (Å²) < 4.78 is 11.7. The van der Waals surface area contributed by atoms with E-state index in [2.05, 4.69) is 0 Å². The Balaban J connectivity index is 2.43. The molecule has 0 bridgehead atoms.